The van der Waals surface area contributed by atoms with Gasteiger partial charge in [0, 0.05) is 6.20 Å². The van der Waals surface area contributed by atoms with Crippen LogP contribution < -0.4 is 4.74 Å². The summed E-state index contributed by atoms with van der Waals surface area (Å²) in [5, 5.41) is 5.20. The lowest BCUT2D eigenvalue weighted by Crippen LogP contribution is -2.34. The third-order valence-electron chi connectivity index (χ3n) is 5.85. The second kappa shape index (κ2) is 9.68. The van der Waals surface area contributed by atoms with Crippen LogP contribution in [0.4, 0.5) is 0 Å². The van der Waals surface area contributed by atoms with Gasteiger partial charge in [0.2, 0.25) is 0 Å². The topological polar surface area (TPSA) is 51.1 Å². The van der Waals surface area contributed by atoms with Gasteiger partial charge in [-0.05, 0) is 69.2 Å². The molecule has 5 rings (SSSR count). The van der Waals surface area contributed by atoms with Gasteiger partial charge in [-0.1, -0.05) is 60.3 Å². The summed E-state index contributed by atoms with van der Waals surface area (Å²) in [5.74, 6) is 0.400. The summed E-state index contributed by atoms with van der Waals surface area (Å²) in [7, 11) is 0. The van der Waals surface area contributed by atoms with Crippen LogP contribution in [0, 0.1) is 0 Å². The van der Waals surface area contributed by atoms with Crippen LogP contribution in [0.5, 0.6) is 5.75 Å². The summed E-state index contributed by atoms with van der Waals surface area (Å²) in [5.41, 5.74) is 3.31. The third-order valence-corrected chi connectivity index (χ3v) is 7.24. The molecular formula is C27H23BrN2O3S. The lowest BCUT2D eigenvalue weighted by Gasteiger charge is -2.33. The van der Waals surface area contributed by atoms with Gasteiger partial charge in [0.15, 0.2) is 5.17 Å². The van der Waals surface area contributed by atoms with Crippen LogP contribution in [0.2, 0.25) is 0 Å². The molecule has 0 aliphatic carbocycles. The van der Waals surface area contributed by atoms with Gasteiger partial charge in [-0.25, -0.2) is 9.79 Å². The zero-order chi connectivity index (χ0) is 23.7. The Morgan fingerprint density at radius 3 is 2.79 bits per heavy atom. The Bertz CT molecular complexity index is 1360. The van der Waals surface area contributed by atoms with Crippen molar-refractivity contribution in [2.45, 2.75) is 26.5 Å². The fraction of sp³-hybridized carbons (Fsp3) is 0.185. The molecule has 0 spiro atoms. The first kappa shape index (κ1) is 22.7. The molecule has 0 saturated heterocycles. The summed E-state index contributed by atoms with van der Waals surface area (Å²) in [4.78, 5) is 19.5. The van der Waals surface area contributed by atoms with E-state index in [0.29, 0.717) is 24.5 Å². The number of fused-ring (bicyclic) bond motifs is 2. The number of rotatable bonds is 6. The quantitative estimate of drug-likeness (QED) is 0.320. The average Bonchev–Trinajstić information content (AvgIpc) is 3.30. The highest BCUT2D eigenvalue weighted by molar-refractivity contribution is 9.10. The summed E-state index contributed by atoms with van der Waals surface area (Å²) < 4.78 is 12.4. The zero-order valence-electron chi connectivity index (χ0n) is 18.8. The first-order chi connectivity index (χ1) is 16.6. The van der Waals surface area contributed by atoms with Crippen LogP contribution in [-0.2, 0) is 16.1 Å². The first-order valence-electron chi connectivity index (χ1n) is 11.0. The minimum absolute atomic E-state index is 0.314. The molecule has 0 bridgehead atoms. The molecule has 7 heteroatoms. The molecule has 5 nitrogen and oxygen atoms in total. The van der Waals surface area contributed by atoms with Crippen LogP contribution in [0.25, 0.3) is 10.8 Å². The van der Waals surface area contributed by atoms with Crippen LogP contribution in [0.15, 0.2) is 93.0 Å². The van der Waals surface area contributed by atoms with E-state index >= 15 is 0 Å². The molecule has 0 unspecified atom stereocenters. The van der Waals surface area contributed by atoms with E-state index in [1.807, 2.05) is 60.7 Å². The van der Waals surface area contributed by atoms with Crippen molar-refractivity contribution in [3.63, 3.8) is 0 Å². The van der Waals surface area contributed by atoms with Crippen molar-refractivity contribution in [3.05, 3.63) is 99.1 Å². The Morgan fingerprint density at radius 1 is 1.15 bits per heavy atom. The fourth-order valence-corrected chi connectivity index (χ4v) is 5.58. The molecule has 0 amide bonds. The number of benzene rings is 3. The number of allylic oxidation sites excluding steroid dienone is 1. The van der Waals surface area contributed by atoms with E-state index in [0.717, 1.165) is 26.5 Å². The van der Waals surface area contributed by atoms with E-state index in [2.05, 4.69) is 51.3 Å². The molecule has 2 aliphatic rings. The van der Waals surface area contributed by atoms with Gasteiger partial charge >= 0.3 is 5.97 Å². The van der Waals surface area contributed by atoms with Gasteiger partial charge in [-0.3, -0.25) is 0 Å². The Balaban J connectivity index is 1.43. The number of carbonyl (C=O) groups is 1. The largest absolute Gasteiger partial charge is 0.488 e. The van der Waals surface area contributed by atoms with Crippen LogP contribution in [0.3, 0.4) is 0 Å². The van der Waals surface area contributed by atoms with Gasteiger partial charge in [0.05, 0.1) is 28.4 Å². The van der Waals surface area contributed by atoms with Crippen LogP contribution in [-0.4, -0.2) is 22.6 Å². The molecule has 0 aromatic heterocycles. The molecule has 2 aliphatic heterocycles. The second-order valence-corrected chi connectivity index (χ2v) is 9.67. The number of halogens is 1. The molecule has 3 aromatic carbocycles. The Kier molecular flexibility index (Phi) is 6.48. The maximum atomic E-state index is 12.9. The van der Waals surface area contributed by atoms with E-state index in [1.54, 1.807) is 11.8 Å². The number of ether oxygens (including phenoxy) is 2. The Labute approximate surface area is 211 Å². The number of amidine groups is 1. The standard InChI is InChI=1S/C27H23BrN2O3S/c1-3-32-26(31)24-17(2)29-27-30(13-14-34-27)25(24)19-11-12-23(22(28)15-19)33-16-20-9-6-8-18-7-4-5-10-21(18)20/h4-15,25H,3,16H2,1-2H3/t25-/m0/s1. The molecule has 34 heavy (non-hydrogen) atoms. The molecule has 0 saturated carbocycles. The van der Waals surface area contributed by atoms with Crippen molar-refractivity contribution in [2.75, 3.05) is 6.61 Å². The minimum Gasteiger partial charge on any atom is -0.488 e. The van der Waals surface area contributed by atoms with E-state index in [1.165, 1.54) is 10.8 Å². The van der Waals surface area contributed by atoms with E-state index in [9.17, 15) is 4.79 Å². The second-order valence-electron chi connectivity index (χ2n) is 7.94. The summed E-state index contributed by atoms with van der Waals surface area (Å²) in [6.45, 7) is 4.44. The van der Waals surface area contributed by atoms with Gasteiger partial charge in [-0.15, -0.1) is 0 Å². The monoisotopic (exact) mass is 534 g/mol. The van der Waals surface area contributed by atoms with Crippen molar-refractivity contribution in [1.82, 2.24) is 4.90 Å². The number of esters is 1. The fourth-order valence-electron chi connectivity index (χ4n) is 4.28. The molecule has 172 valence electrons. The molecule has 0 fully saturated rings. The van der Waals surface area contributed by atoms with E-state index in [4.69, 9.17) is 9.47 Å². The van der Waals surface area contributed by atoms with Crippen molar-refractivity contribution in [3.8, 4) is 5.75 Å². The van der Waals surface area contributed by atoms with Crippen LogP contribution in [0.1, 0.15) is 31.0 Å². The van der Waals surface area contributed by atoms with Crippen molar-refractivity contribution in [2.24, 2.45) is 4.99 Å². The van der Waals surface area contributed by atoms with Crippen molar-refractivity contribution in [1.29, 1.82) is 0 Å². The van der Waals surface area contributed by atoms with Gasteiger partial charge in [0.25, 0.3) is 0 Å². The predicted octanol–water partition coefficient (Wildman–Crippen LogP) is 6.95. The first-order valence-corrected chi connectivity index (χ1v) is 12.7. The highest BCUT2D eigenvalue weighted by Crippen LogP contribution is 2.42. The number of carbonyl (C=O) groups excluding carboxylic acids is 1. The highest BCUT2D eigenvalue weighted by Gasteiger charge is 2.37. The van der Waals surface area contributed by atoms with Crippen LogP contribution >= 0.6 is 27.7 Å². The molecular weight excluding hydrogens is 512 g/mol. The van der Waals surface area contributed by atoms with E-state index in [-0.39, 0.29) is 12.0 Å². The zero-order valence-corrected chi connectivity index (χ0v) is 21.2. The Morgan fingerprint density at radius 2 is 1.97 bits per heavy atom. The van der Waals surface area contributed by atoms with Gasteiger partial charge in [0.1, 0.15) is 12.4 Å². The number of thioether (sulfide) groups is 1. The minimum atomic E-state index is -0.342. The van der Waals surface area contributed by atoms with Crippen molar-refractivity contribution < 1.29 is 14.3 Å². The molecule has 0 N–H and O–H groups in total. The lowest BCUT2D eigenvalue weighted by atomic mass is 9.95. The average molecular weight is 535 g/mol. The highest BCUT2D eigenvalue weighted by atomic mass is 79.9. The van der Waals surface area contributed by atoms with E-state index < -0.39 is 0 Å². The SMILES string of the molecule is CCOC(=O)C1=C(C)N=C2SC=CN2[C@H]1c1ccc(OCc2cccc3ccccc23)c(Br)c1. The summed E-state index contributed by atoms with van der Waals surface area (Å²) in [6.07, 6.45) is 1.96. The maximum Gasteiger partial charge on any atom is 0.338 e. The summed E-state index contributed by atoms with van der Waals surface area (Å²) in [6, 6.07) is 20.2. The molecule has 3 aromatic rings. The summed E-state index contributed by atoms with van der Waals surface area (Å²) >= 11 is 5.23. The lowest BCUT2D eigenvalue weighted by molar-refractivity contribution is -0.139. The number of hydrogen-bond acceptors (Lipinski definition) is 6. The maximum absolute atomic E-state index is 12.9. The Hall–Kier alpha value is -3.03. The molecule has 1 atom stereocenters. The third kappa shape index (κ3) is 4.26. The number of aliphatic imine (C=N–C) groups is 1. The molecule has 0 radical (unpaired) electrons. The predicted molar refractivity (Wildman–Crippen MR) is 141 cm³/mol. The smallest absolute Gasteiger partial charge is 0.338 e. The number of hydrogen-bond donors (Lipinski definition) is 0. The number of nitrogens with zero attached hydrogens (tertiary/aromatic N) is 2. The van der Waals surface area contributed by atoms with Gasteiger partial charge in [-0.2, -0.15) is 0 Å². The normalized spacial score (nSPS) is 17.1. The molecule has 2 heterocycles. The van der Waals surface area contributed by atoms with Crippen molar-refractivity contribution >= 4 is 49.6 Å². The van der Waals surface area contributed by atoms with Gasteiger partial charge < -0.3 is 14.4 Å².